The number of carboxylic acids is 1. The van der Waals surface area contributed by atoms with E-state index < -0.39 is 11.6 Å². The van der Waals surface area contributed by atoms with Crippen LogP contribution < -0.4 is 5.56 Å². The van der Waals surface area contributed by atoms with Crippen LogP contribution >= 0.6 is 0 Å². The van der Waals surface area contributed by atoms with E-state index in [9.17, 15) is 9.59 Å². The molecule has 0 saturated heterocycles. The highest BCUT2D eigenvalue weighted by Gasteiger charge is 2.24. The topological polar surface area (TPSA) is 92.3 Å². The molecule has 1 aromatic heterocycles. The van der Waals surface area contributed by atoms with Gasteiger partial charge in [-0.3, -0.25) is 9.59 Å². The number of hydrogen-bond donors (Lipinski definition) is 2. The molecule has 0 bridgehead atoms. The van der Waals surface area contributed by atoms with Gasteiger partial charge in [0.1, 0.15) is 11.4 Å². The molecule has 0 aliphatic rings. The molecule has 100 valence electrons. The van der Waals surface area contributed by atoms with Gasteiger partial charge in [-0.05, 0) is 27.2 Å². The Labute approximate surface area is 105 Å². The molecule has 0 amide bonds. The average molecular weight is 254 g/mol. The number of nitrogens with one attached hydrogen (secondary N) is 1. The second-order valence-corrected chi connectivity index (χ2v) is 4.59. The summed E-state index contributed by atoms with van der Waals surface area (Å²) >= 11 is 0. The van der Waals surface area contributed by atoms with E-state index in [0.29, 0.717) is 17.1 Å². The van der Waals surface area contributed by atoms with Gasteiger partial charge in [-0.2, -0.15) is 0 Å². The van der Waals surface area contributed by atoms with Crippen molar-refractivity contribution < 1.29 is 14.6 Å². The van der Waals surface area contributed by atoms with Crippen LogP contribution in [0.4, 0.5) is 0 Å². The Morgan fingerprint density at radius 1 is 1.50 bits per heavy atom. The van der Waals surface area contributed by atoms with Crippen molar-refractivity contribution >= 4 is 5.97 Å². The first-order valence-electron chi connectivity index (χ1n) is 5.65. The van der Waals surface area contributed by atoms with Crippen LogP contribution in [-0.2, 0) is 21.6 Å². The molecular formula is C12H18N2O4. The lowest BCUT2D eigenvalue weighted by Crippen LogP contribution is -2.29. The normalized spacial score (nSPS) is 11.6. The van der Waals surface area contributed by atoms with Gasteiger partial charge in [0, 0.05) is 24.8 Å². The van der Waals surface area contributed by atoms with Crippen LogP contribution in [0.15, 0.2) is 4.79 Å². The minimum absolute atomic E-state index is 0.0847. The van der Waals surface area contributed by atoms with Crippen molar-refractivity contribution in [2.75, 3.05) is 7.11 Å². The Kier molecular flexibility index (Phi) is 4.24. The molecule has 2 N–H and O–H groups in total. The summed E-state index contributed by atoms with van der Waals surface area (Å²) in [6.07, 6.45) is 0.0931. The maximum Gasteiger partial charge on any atom is 0.303 e. The number of rotatable bonds is 5. The lowest BCUT2D eigenvalue weighted by Gasteiger charge is -2.22. The zero-order valence-electron chi connectivity index (χ0n) is 11.0. The molecule has 0 fully saturated rings. The molecule has 0 aliphatic heterocycles. The zero-order valence-corrected chi connectivity index (χ0v) is 11.0. The molecule has 6 heteroatoms. The Bertz CT molecular complexity index is 505. The number of ether oxygens (including phenoxy) is 1. The lowest BCUT2D eigenvalue weighted by atomic mass is 10.1. The number of aromatic amines is 1. The van der Waals surface area contributed by atoms with E-state index in [1.54, 1.807) is 20.8 Å². The smallest absolute Gasteiger partial charge is 0.303 e. The van der Waals surface area contributed by atoms with Crippen molar-refractivity contribution in [3.8, 4) is 0 Å². The standard InChI is InChI=1S/C12H18N2O4/c1-7-8(5-6-9(15)16)10(17)14-11(13-7)12(2,3)18-4/h5-6H2,1-4H3,(H,15,16)(H,13,14,17). The summed E-state index contributed by atoms with van der Waals surface area (Å²) in [4.78, 5) is 29.3. The van der Waals surface area contributed by atoms with E-state index in [2.05, 4.69) is 9.97 Å². The van der Waals surface area contributed by atoms with Gasteiger partial charge in [0.2, 0.25) is 0 Å². The minimum atomic E-state index is -0.935. The predicted molar refractivity (Wildman–Crippen MR) is 65.6 cm³/mol. The number of carbonyl (C=O) groups is 1. The summed E-state index contributed by atoms with van der Waals surface area (Å²) in [5.41, 5.74) is -0.0352. The number of carboxylic acid groups (broad SMARTS) is 1. The van der Waals surface area contributed by atoms with Crippen LogP contribution in [0.5, 0.6) is 0 Å². The quantitative estimate of drug-likeness (QED) is 0.817. The third-order valence-corrected chi connectivity index (χ3v) is 2.89. The minimum Gasteiger partial charge on any atom is -0.481 e. The van der Waals surface area contributed by atoms with Crippen LogP contribution in [0.2, 0.25) is 0 Å². The molecule has 0 atom stereocenters. The van der Waals surface area contributed by atoms with Crippen LogP contribution in [0, 0.1) is 6.92 Å². The Morgan fingerprint density at radius 3 is 2.56 bits per heavy atom. The van der Waals surface area contributed by atoms with E-state index in [0.717, 1.165) is 0 Å². The molecule has 0 aromatic carbocycles. The predicted octanol–water partition coefficient (Wildman–Crippen LogP) is 0.977. The van der Waals surface area contributed by atoms with Crippen molar-refractivity contribution in [2.24, 2.45) is 0 Å². The largest absolute Gasteiger partial charge is 0.481 e. The van der Waals surface area contributed by atoms with Crippen LogP contribution in [0.3, 0.4) is 0 Å². The lowest BCUT2D eigenvalue weighted by molar-refractivity contribution is -0.136. The van der Waals surface area contributed by atoms with Gasteiger partial charge in [-0.25, -0.2) is 4.98 Å². The van der Waals surface area contributed by atoms with E-state index in [4.69, 9.17) is 9.84 Å². The van der Waals surface area contributed by atoms with E-state index >= 15 is 0 Å². The SMILES string of the molecule is COC(C)(C)c1nc(C)c(CCC(=O)O)c(=O)[nH]1. The van der Waals surface area contributed by atoms with Crippen molar-refractivity contribution in [1.29, 1.82) is 0 Å². The highest BCUT2D eigenvalue weighted by atomic mass is 16.5. The van der Waals surface area contributed by atoms with Gasteiger partial charge >= 0.3 is 5.97 Å². The molecule has 0 unspecified atom stereocenters. The Hall–Kier alpha value is -1.69. The first-order chi connectivity index (χ1) is 8.27. The number of aryl methyl sites for hydroxylation is 1. The van der Waals surface area contributed by atoms with Gasteiger partial charge < -0.3 is 14.8 Å². The summed E-state index contributed by atoms with van der Waals surface area (Å²) < 4.78 is 5.25. The van der Waals surface area contributed by atoms with Crippen molar-refractivity contribution in [1.82, 2.24) is 9.97 Å². The third kappa shape index (κ3) is 3.16. The van der Waals surface area contributed by atoms with E-state index in [1.807, 2.05) is 0 Å². The summed E-state index contributed by atoms with van der Waals surface area (Å²) in [6, 6.07) is 0. The number of aliphatic carboxylic acids is 1. The second kappa shape index (κ2) is 5.30. The van der Waals surface area contributed by atoms with Crippen molar-refractivity contribution in [2.45, 2.75) is 39.2 Å². The number of methoxy groups -OCH3 is 1. The molecule has 0 aliphatic carbocycles. The molecule has 0 saturated carbocycles. The molecule has 0 radical (unpaired) electrons. The fraction of sp³-hybridized carbons (Fsp3) is 0.583. The van der Waals surface area contributed by atoms with E-state index in [1.165, 1.54) is 7.11 Å². The molecule has 0 spiro atoms. The van der Waals surface area contributed by atoms with Gasteiger partial charge in [-0.15, -0.1) is 0 Å². The van der Waals surface area contributed by atoms with Gasteiger partial charge in [0.25, 0.3) is 5.56 Å². The first-order valence-corrected chi connectivity index (χ1v) is 5.65. The van der Waals surface area contributed by atoms with Crippen molar-refractivity contribution in [3.05, 3.63) is 27.4 Å². The third-order valence-electron chi connectivity index (χ3n) is 2.89. The Balaban J connectivity index is 3.13. The summed E-state index contributed by atoms with van der Waals surface area (Å²) in [5.74, 6) is -0.498. The van der Waals surface area contributed by atoms with Gasteiger partial charge in [-0.1, -0.05) is 0 Å². The van der Waals surface area contributed by atoms with Crippen LogP contribution in [0.25, 0.3) is 0 Å². The monoisotopic (exact) mass is 254 g/mol. The zero-order chi connectivity index (χ0) is 13.9. The fourth-order valence-corrected chi connectivity index (χ4v) is 1.52. The number of hydrogen-bond acceptors (Lipinski definition) is 4. The summed E-state index contributed by atoms with van der Waals surface area (Å²) in [7, 11) is 1.54. The molecule has 1 heterocycles. The number of nitrogens with zero attached hydrogens (tertiary/aromatic N) is 1. The van der Waals surface area contributed by atoms with Gasteiger partial charge in [0.15, 0.2) is 0 Å². The van der Waals surface area contributed by atoms with E-state index in [-0.39, 0.29) is 18.4 Å². The molecule has 6 nitrogen and oxygen atoms in total. The van der Waals surface area contributed by atoms with Crippen molar-refractivity contribution in [3.63, 3.8) is 0 Å². The van der Waals surface area contributed by atoms with Crippen LogP contribution in [-0.4, -0.2) is 28.2 Å². The summed E-state index contributed by atoms with van der Waals surface area (Å²) in [6.45, 7) is 5.28. The molecular weight excluding hydrogens is 236 g/mol. The maximum absolute atomic E-state index is 11.9. The first kappa shape index (κ1) is 14.4. The Morgan fingerprint density at radius 2 is 2.11 bits per heavy atom. The highest BCUT2D eigenvalue weighted by Crippen LogP contribution is 2.19. The second-order valence-electron chi connectivity index (χ2n) is 4.59. The van der Waals surface area contributed by atoms with Gasteiger partial charge in [0.05, 0.1) is 0 Å². The maximum atomic E-state index is 11.9. The highest BCUT2D eigenvalue weighted by molar-refractivity contribution is 5.67. The molecule has 18 heavy (non-hydrogen) atoms. The summed E-state index contributed by atoms with van der Waals surface area (Å²) in [5, 5.41) is 8.63. The molecule has 1 rings (SSSR count). The molecule has 1 aromatic rings. The van der Waals surface area contributed by atoms with Crippen LogP contribution in [0.1, 0.15) is 37.4 Å². The average Bonchev–Trinajstić information content (AvgIpc) is 2.27. The number of H-pyrrole nitrogens is 1. The number of aromatic nitrogens is 2. The fourth-order valence-electron chi connectivity index (χ4n) is 1.52.